The number of hydrogen-bond donors (Lipinski definition) is 1. The third-order valence-corrected chi connectivity index (χ3v) is 7.71. The van der Waals surface area contributed by atoms with E-state index in [0.717, 1.165) is 22.4 Å². The molecule has 188 valence electrons. The molecule has 4 rings (SSSR count). The van der Waals surface area contributed by atoms with Crippen LogP contribution in [-0.4, -0.2) is 26.9 Å². The summed E-state index contributed by atoms with van der Waals surface area (Å²) in [5.41, 5.74) is 2.59. The van der Waals surface area contributed by atoms with Crippen LogP contribution in [0.5, 0.6) is 0 Å². The van der Waals surface area contributed by atoms with Crippen LogP contribution in [0.25, 0.3) is 0 Å². The van der Waals surface area contributed by atoms with Crippen molar-refractivity contribution >= 4 is 35.1 Å². The molecule has 1 aliphatic heterocycles. The summed E-state index contributed by atoms with van der Waals surface area (Å²) in [5, 5.41) is 11.0. The van der Waals surface area contributed by atoms with Gasteiger partial charge in [-0.15, -0.1) is 0 Å². The van der Waals surface area contributed by atoms with Crippen LogP contribution >= 0.6 is 23.2 Å². The number of nitrogens with zero attached hydrogens (tertiary/aromatic N) is 2. The zero-order chi connectivity index (χ0) is 26.0. The van der Waals surface area contributed by atoms with Crippen molar-refractivity contribution in [3.8, 4) is 0 Å². The molecule has 2 heterocycles. The molecule has 5 nitrogen and oxygen atoms in total. The number of aliphatic carboxylic acids is 1. The molecule has 1 fully saturated rings. The number of likely N-dealkylation sites (tertiary alicyclic amines) is 1. The molecule has 1 saturated heterocycles. The second-order valence-corrected chi connectivity index (χ2v) is 10.7. The number of halogens is 2. The smallest absolute Gasteiger partial charge is 0.304 e. The Hall–Kier alpha value is -2.89. The van der Waals surface area contributed by atoms with Gasteiger partial charge in [0.15, 0.2) is 0 Å². The summed E-state index contributed by atoms with van der Waals surface area (Å²) in [6, 6.07) is 18.3. The van der Waals surface area contributed by atoms with E-state index in [0.29, 0.717) is 22.9 Å². The van der Waals surface area contributed by atoms with Crippen LogP contribution in [0.4, 0.5) is 0 Å². The van der Waals surface area contributed by atoms with Crippen molar-refractivity contribution in [2.24, 2.45) is 5.41 Å². The quantitative estimate of drug-likeness (QED) is 0.349. The van der Waals surface area contributed by atoms with Crippen LogP contribution in [0.15, 0.2) is 66.9 Å². The highest BCUT2D eigenvalue weighted by Gasteiger charge is 2.52. The monoisotopic (exact) mass is 524 g/mol. The van der Waals surface area contributed by atoms with Gasteiger partial charge in [0.2, 0.25) is 5.91 Å². The van der Waals surface area contributed by atoms with Crippen LogP contribution in [0, 0.1) is 12.3 Å². The van der Waals surface area contributed by atoms with E-state index >= 15 is 0 Å². The molecule has 7 heteroatoms. The summed E-state index contributed by atoms with van der Waals surface area (Å²) in [6.45, 7) is 5.79. The molecule has 2 aromatic carbocycles. The summed E-state index contributed by atoms with van der Waals surface area (Å²) in [6.07, 6.45) is 2.48. The van der Waals surface area contributed by atoms with Crippen LogP contribution < -0.4 is 0 Å². The average Bonchev–Trinajstić information content (AvgIpc) is 2.83. The number of piperidine rings is 1. The van der Waals surface area contributed by atoms with Crippen LogP contribution in [0.2, 0.25) is 10.0 Å². The van der Waals surface area contributed by atoms with Crippen LogP contribution in [0.3, 0.4) is 0 Å². The number of amides is 1. The van der Waals surface area contributed by atoms with E-state index < -0.39 is 11.4 Å². The first-order chi connectivity index (χ1) is 17.1. The first-order valence-electron chi connectivity index (χ1n) is 12.1. The van der Waals surface area contributed by atoms with Gasteiger partial charge >= 0.3 is 5.97 Å². The largest absolute Gasteiger partial charge is 0.481 e. The number of aromatic nitrogens is 1. The Bertz CT molecular complexity index is 1260. The van der Waals surface area contributed by atoms with Gasteiger partial charge in [-0.05, 0) is 66.8 Å². The van der Waals surface area contributed by atoms with Crippen molar-refractivity contribution in [2.75, 3.05) is 0 Å². The predicted molar refractivity (Wildman–Crippen MR) is 142 cm³/mol. The Kier molecular flexibility index (Phi) is 7.72. The number of carboxylic acid groups (broad SMARTS) is 1. The molecule has 0 spiro atoms. The molecule has 0 saturated carbocycles. The molecule has 1 aliphatic rings. The highest BCUT2D eigenvalue weighted by Crippen LogP contribution is 2.54. The lowest BCUT2D eigenvalue weighted by atomic mass is 9.67. The van der Waals surface area contributed by atoms with Crippen molar-refractivity contribution in [3.63, 3.8) is 0 Å². The number of carbonyl (C=O) groups excluding carboxylic acids is 1. The zero-order valence-electron chi connectivity index (χ0n) is 20.6. The van der Waals surface area contributed by atoms with Crippen molar-refractivity contribution < 1.29 is 14.7 Å². The number of carboxylic acids is 1. The summed E-state index contributed by atoms with van der Waals surface area (Å²) < 4.78 is 0. The van der Waals surface area contributed by atoms with Gasteiger partial charge in [0.05, 0.1) is 29.6 Å². The Morgan fingerprint density at radius 2 is 1.83 bits per heavy atom. The first kappa shape index (κ1) is 26.2. The van der Waals surface area contributed by atoms with Gasteiger partial charge in [0.25, 0.3) is 0 Å². The van der Waals surface area contributed by atoms with Crippen molar-refractivity contribution in [3.05, 3.63) is 99.3 Å². The van der Waals surface area contributed by atoms with E-state index in [9.17, 15) is 14.7 Å². The van der Waals surface area contributed by atoms with E-state index in [1.165, 1.54) is 0 Å². The standard InChI is InChI=1S/C29H30Cl2N2O3/c1-4-24(26-18(2)7-6-14-32-26)33-27(19-10-12-21(30)13-11-19)23(20-8-5-9-22(31)15-20)16-29(3,28(33)36)17-25(34)35/h5-15,23-24,27H,4,16-17H2,1-3H3,(H,34,35)/t23-,24?,27-,29-/m1/s1. The molecule has 1 amide bonds. The highest BCUT2D eigenvalue weighted by molar-refractivity contribution is 6.30. The first-order valence-corrected chi connectivity index (χ1v) is 12.9. The van der Waals surface area contributed by atoms with Crippen molar-refractivity contribution in [1.29, 1.82) is 0 Å². The summed E-state index contributed by atoms with van der Waals surface area (Å²) >= 11 is 12.6. The Morgan fingerprint density at radius 3 is 2.44 bits per heavy atom. The van der Waals surface area contributed by atoms with E-state index in [1.807, 2.05) is 79.4 Å². The molecule has 0 aliphatic carbocycles. The minimum Gasteiger partial charge on any atom is -0.481 e. The molecule has 36 heavy (non-hydrogen) atoms. The lowest BCUT2D eigenvalue weighted by Crippen LogP contribution is -2.53. The summed E-state index contributed by atoms with van der Waals surface area (Å²) in [4.78, 5) is 32.9. The fourth-order valence-corrected chi connectivity index (χ4v) is 5.92. The highest BCUT2D eigenvalue weighted by atomic mass is 35.5. The van der Waals surface area contributed by atoms with Crippen molar-refractivity contribution in [1.82, 2.24) is 9.88 Å². The fraction of sp³-hybridized carbons (Fsp3) is 0.345. The van der Waals surface area contributed by atoms with E-state index in [-0.39, 0.29) is 30.3 Å². The molecule has 0 radical (unpaired) electrons. The van der Waals surface area contributed by atoms with Gasteiger partial charge in [0.1, 0.15) is 0 Å². The van der Waals surface area contributed by atoms with E-state index in [1.54, 1.807) is 13.1 Å². The number of hydrogen-bond acceptors (Lipinski definition) is 3. The van der Waals surface area contributed by atoms with Gasteiger partial charge in [-0.1, -0.05) is 67.4 Å². The molecular weight excluding hydrogens is 495 g/mol. The number of rotatable bonds is 7. The van der Waals surface area contributed by atoms with E-state index in [2.05, 4.69) is 4.98 Å². The molecule has 3 aromatic rings. The van der Waals surface area contributed by atoms with Crippen molar-refractivity contribution in [2.45, 2.75) is 58.0 Å². The minimum absolute atomic E-state index is 0.181. The maximum atomic E-state index is 14.3. The zero-order valence-corrected chi connectivity index (χ0v) is 22.1. The number of carbonyl (C=O) groups is 2. The van der Waals surface area contributed by atoms with Gasteiger partial charge in [-0.2, -0.15) is 0 Å². The molecule has 1 unspecified atom stereocenters. The maximum absolute atomic E-state index is 14.3. The maximum Gasteiger partial charge on any atom is 0.304 e. The third kappa shape index (κ3) is 5.14. The Morgan fingerprint density at radius 1 is 1.11 bits per heavy atom. The summed E-state index contributed by atoms with van der Waals surface area (Å²) in [7, 11) is 0. The second-order valence-electron chi connectivity index (χ2n) is 9.84. The SMILES string of the molecule is CCC(c1ncccc1C)N1C(=O)[C@@](C)(CC(=O)O)C[C@H](c2cccc(Cl)c2)[C@H]1c1ccc(Cl)cc1. The van der Waals surface area contributed by atoms with Gasteiger partial charge in [-0.3, -0.25) is 14.6 Å². The normalized spacial score (nSPS) is 22.9. The van der Waals surface area contributed by atoms with Crippen LogP contribution in [-0.2, 0) is 9.59 Å². The van der Waals surface area contributed by atoms with Gasteiger partial charge in [0, 0.05) is 22.2 Å². The molecule has 1 aromatic heterocycles. The predicted octanol–water partition coefficient (Wildman–Crippen LogP) is 7.39. The Labute approximate surface area is 222 Å². The van der Waals surface area contributed by atoms with Crippen LogP contribution in [0.1, 0.15) is 73.5 Å². The average molecular weight is 525 g/mol. The third-order valence-electron chi connectivity index (χ3n) is 7.22. The number of pyridine rings is 1. The lowest BCUT2D eigenvalue weighted by molar-refractivity contribution is -0.161. The summed E-state index contributed by atoms with van der Waals surface area (Å²) in [5.74, 6) is -1.37. The van der Waals surface area contributed by atoms with Gasteiger partial charge in [-0.25, -0.2) is 0 Å². The topological polar surface area (TPSA) is 70.5 Å². The molecule has 0 bridgehead atoms. The Balaban J connectivity index is 1.97. The molecular formula is C29H30Cl2N2O3. The second kappa shape index (κ2) is 10.6. The number of aryl methyl sites for hydroxylation is 1. The molecule has 4 atom stereocenters. The minimum atomic E-state index is -1.10. The van der Waals surface area contributed by atoms with Gasteiger partial charge < -0.3 is 10.0 Å². The van der Waals surface area contributed by atoms with E-state index in [4.69, 9.17) is 23.2 Å². The molecule has 1 N–H and O–H groups in total. The lowest BCUT2D eigenvalue weighted by Gasteiger charge is -2.51. The fourth-order valence-electron chi connectivity index (χ4n) is 5.59. The number of benzene rings is 2.